The van der Waals surface area contributed by atoms with Crippen LogP contribution in [-0.4, -0.2) is 58.2 Å². The van der Waals surface area contributed by atoms with Gasteiger partial charge in [0.15, 0.2) is 27.3 Å². The van der Waals surface area contributed by atoms with E-state index in [2.05, 4.69) is 15.6 Å². The van der Waals surface area contributed by atoms with Crippen LogP contribution in [0, 0.1) is 0 Å². The lowest BCUT2D eigenvalue weighted by Gasteiger charge is -2.20. The zero-order chi connectivity index (χ0) is 21.2. The van der Waals surface area contributed by atoms with Gasteiger partial charge in [-0.25, -0.2) is 8.42 Å². The van der Waals surface area contributed by atoms with Gasteiger partial charge in [-0.3, -0.25) is 4.99 Å². The zero-order valence-electron chi connectivity index (χ0n) is 18.4. The lowest BCUT2D eigenvalue weighted by Crippen LogP contribution is -2.42. The highest BCUT2D eigenvalue weighted by molar-refractivity contribution is 14.0. The predicted octanol–water partition coefficient (Wildman–Crippen LogP) is 3.02. The van der Waals surface area contributed by atoms with Gasteiger partial charge >= 0.3 is 0 Å². The maximum absolute atomic E-state index is 12.2. The van der Waals surface area contributed by atoms with E-state index in [1.165, 1.54) is 0 Å². The molecule has 9 heteroatoms. The SMILES string of the molecule is CCOc1ccc(CCNC(=NC)NCCS(=O)(=O)C(C)(C)C)cc1OCC.I. The van der Waals surface area contributed by atoms with Crippen molar-refractivity contribution in [1.29, 1.82) is 0 Å². The maximum atomic E-state index is 12.2. The first-order valence-corrected chi connectivity index (χ1v) is 11.3. The molecule has 0 aromatic heterocycles. The Bertz CT molecular complexity index is 747. The molecule has 0 aliphatic rings. The van der Waals surface area contributed by atoms with E-state index in [1.807, 2.05) is 32.0 Å². The first-order valence-electron chi connectivity index (χ1n) is 9.70. The van der Waals surface area contributed by atoms with Crippen LogP contribution in [0.2, 0.25) is 0 Å². The summed E-state index contributed by atoms with van der Waals surface area (Å²) in [5.41, 5.74) is 1.12. The first kappa shape index (κ1) is 27.8. The molecular weight excluding hydrogens is 505 g/mol. The van der Waals surface area contributed by atoms with E-state index in [0.717, 1.165) is 23.5 Å². The number of ether oxygens (including phenoxy) is 2. The van der Waals surface area contributed by atoms with Crippen molar-refractivity contribution < 1.29 is 17.9 Å². The Balaban J connectivity index is 0.00000784. The molecule has 2 N–H and O–H groups in total. The summed E-state index contributed by atoms with van der Waals surface area (Å²) in [7, 11) is -1.49. The largest absolute Gasteiger partial charge is 0.490 e. The van der Waals surface area contributed by atoms with Gasteiger partial charge in [-0.05, 0) is 58.7 Å². The van der Waals surface area contributed by atoms with Crippen LogP contribution in [-0.2, 0) is 16.3 Å². The fraction of sp³-hybridized carbons (Fsp3) is 0.650. The summed E-state index contributed by atoms with van der Waals surface area (Å²) < 4.78 is 34.8. The number of hydrogen-bond donors (Lipinski definition) is 2. The Kier molecular flexibility index (Phi) is 12.6. The van der Waals surface area contributed by atoms with Crippen LogP contribution in [0.4, 0.5) is 0 Å². The Morgan fingerprint density at radius 1 is 1.03 bits per heavy atom. The molecule has 0 aliphatic carbocycles. The van der Waals surface area contributed by atoms with Gasteiger partial charge in [0.25, 0.3) is 0 Å². The molecule has 0 amide bonds. The van der Waals surface area contributed by atoms with Crippen molar-refractivity contribution in [2.45, 2.75) is 45.8 Å². The fourth-order valence-electron chi connectivity index (χ4n) is 2.41. The number of nitrogens with one attached hydrogen (secondary N) is 2. The van der Waals surface area contributed by atoms with Gasteiger partial charge in [0.05, 0.1) is 23.7 Å². The standard InChI is InChI=1S/C20H35N3O4S.HI/c1-7-26-17-10-9-16(15-18(17)27-8-2)11-12-22-19(21-6)23-13-14-28(24,25)20(3,4)5;/h9-10,15H,7-8,11-14H2,1-6H3,(H2,21,22,23);1H. The summed E-state index contributed by atoms with van der Waals surface area (Å²) in [4.78, 5) is 4.14. The third-order valence-corrected chi connectivity index (χ3v) is 6.74. The molecule has 1 rings (SSSR count). The molecule has 0 aliphatic heterocycles. The molecule has 0 unspecified atom stereocenters. The smallest absolute Gasteiger partial charge is 0.191 e. The van der Waals surface area contributed by atoms with Crippen LogP contribution in [0.25, 0.3) is 0 Å². The molecule has 0 radical (unpaired) electrons. The highest BCUT2D eigenvalue weighted by atomic mass is 127. The van der Waals surface area contributed by atoms with Gasteiger partial charge in [-0.2, -0.15) is 0 Å². The molecule has 0 heterocycles. The van der Waals surface area contributed by atoms with Gasteiger partial charge in [-0.15, -0.1) is 24.0 Å². The molecule has 0 saturated heterocycles. The topological polar surface area (TPSA) is 89.0 Å². The second-order valence-electron chi connectivity index (χ2n) is 7.25. The Labute approximate surface area is 193 Å². The summed E-state index contributed by atoms with van der Waals surface area (Å²) in [6, 6.07) is 5.93. The molecular formula is C20H36IN3O4S. The fourth-order valence-corrected chi connectivity index (χ4v) is 3.39. The third kappa shape index (κ3) is 9.41. The van der Waals surface area contributed by atoms with Crippen molar-refractivity contribution in [3.63, 3.8) is 0 Å². The quantitative estimate of drug-likeness (QED) is 0.269. The van der Waals surface area contributed by atoms with Gasteiger partial charge in [0, 0.05) is 20.1 Å². The average Bonchev–Trinajstić information content (AvgIpc) is 2.61. The molecule has 7 nitrogen and oxygen atoms in total. The van der Waals surface area contributed by atoms with Gasteiger partial charge < -0.3 is 20.1 Å². The first-order chi connectivity index (χ1) is 13.1. The minimum atomic E-state index is -3.16. The molecule has 1 aromatic carbocycles. The Morgan fingerprint density at radius 3 is 2.17 bits per heavy atom. The number of rotatable bonds is 10. The van der Waals surface area contributed by atoms with Crippen molar-refractivity contribution in [3.05, 3.63) is 23.8 Å². The lowest BCUT2D eigenvalue weighted by molar-refractivity contribution is 0.287. The molecule has 0 spiro atoms. The number of aliphatic imine (C=N–C) groups is 1. The molecule has 29 heavy (non-hydrogen) atoms. The Morgan fingerprint density at radius 2 is 1.62 bits per heavy atom. The monoisotopic (exact) mass is 541 g/mol. The number of guanidine groups is 1. The van der Waals surface area contributed by atoms with Crippen LogP contribution in [0.3, 0.4) is 0 Å². The third-order valence-electron chi connectivity index (χ3n) is 4.13. The molecule has 0 atom stereocenters. The highest BCUT2D eigenvalue weighted by Gasteiger charge is 2.28. The second kappa shape index (κ2) is 13.1. The minimum Gasteiger partial charge on any atom is -0.490 e. The van der Waals surface area contributed by atoms with E-state index in [0.29, 0.717) is 32.3 Å². The average molecular weight is 541 g/mol. The van der Waals surface area contributed by atoms with Crippen LogP contribution in [0.15, 0.2) is 23.2 Å². The van der Waals surface area contributed by atoms with Crippen LogP contribution < -0.4 is 20.1 Å². The van der Waals surface area contributed by atoms with E-state index >= 15 is 0 Å². The molecule has 0 fully saturated rings. The van der Waals surface area contributed by atoms with Crippen LogP contribution >= 0.6 is 24.0 Å². The van der Waals surface area contributed by atoms with E-state index in [-0.39, 0.29) is 29.7 Å². The van der Waals surface area contributed by atoms with E-state index in [1.54, 1.807) is 27.8 Å². The number of nitrogens with zero attached hydrogens (tertiary/aromatic N) is 1. The number of hydrogen-bond acceptors (Lipinski definition) is 5. The Hall–Kier alpha value is -1.23. The number of benzene rings is 1. The molecule has 168 valence electrons. The maximum Gasteiger partial charge on any atom is 0.191 e. The number of halogens is 1. The van der Waals surface area contributed by atoms with E-state index in [4.69, 9.17) is 9.47 Å². The van der Waals surface area contributed by atoms with Crippen molar-refractivity contribution in [1.82, 2.24) is 10.6 Å². The van der Waals surface area contributed by atoms with Crippen molar-refractivity contribution in [2.24, 2.45) is 4.99 Å². The van der Waals surface area contributed by atoms with Crippen molar-refractivity contribution >= 4 is 39.8 Å². The van der Waals surface area contributed by atoms with Crippen molar-refractivity contribution in [3.8, 4) is 11.5 Å². The van der Waals surface area contributed by atoms with E-state index < -0.39 is 14.6 Å². The normalized spacial score (nSPS) is 12.1. The van der Waals surface area contributed by atoms with Crippen LogP contribution in [0.1, 0.15) is 40.2 Å². The molecule has 0 saturated carbocycles. The number of sulfone groups is 1. The molecule has 0 bridgehead atoms. The summed E-state index contributed by atoms with van der Waals surface area (Å²) >= 11 is 0. The second-order valence-corrected chi connectivity index (χ2v) is 10.1. The zero-order valence-corrected chi connectivity index (χ0v) is 21.5. The van der Waals surface area contributed by atoms with Gasteiger partial charge in [-0.1, -0.05) is 6.07 Å². The van der Waals surface area contributed by atoms with Gasteiger partial charge in [0.1, 0.15) is 0 Å². The summed E-state index contributed by atoms with van der Waals surface area (Å²) in [6.45, 7) is 11.2. The van der Waals surface area contributed by atoms with E-state index in [9.17, 15) is 8.42 Å². The minimum absolute atomic E-state index is 0. The predicted molar refractivity (Wildman–Crippen MR) is 131 cm³/mol. The lowest BCUT2D eigenvalue weighted by atomic mass is 10.1. The summed E-state index contributed by atoms with van der Waals surface area (Å²) in [5.74, 6) is 2.14. The summed E-state index contributed by atoms with van der Waals surface area (Å²) in [5, 5.41) is 6.26. The van der Waals surface area contributed by atoms with Gasteiger partial charge in [0.2, 0.25) is 0 Å². The van der Waals surface area contributed by atoms with Crippen molar-refractivity contribution in [2.75, 3.05) is 39.1 Å². The highest BCUT2D eigenvalue weighted by Crippen LogP contribution is 2.28. The summed E-state index contributed by atoms with van der Waals surface area (Å²) in [6.07, 6.45) is 0.771. The van der Waals surface area contributed by atoms with Crippen LogP contribution in [0.5, 0.6) is 11.5 Å². The molecule has 1 aromatic rings.